The number of benzene rings is 1. The van der Waals surface area contributed by atoms with Gasteiger partial charge in [0.1, 0.15) is 6.54 Å². The summed E-state index contributed by atoms with van der Waals surface area (Å²) in [6.07, 6.45) is 3.74. The van der Waals surface area contributed by atoms with Crippen molar-refractivity contribution >= 4 is 21.8 Å². The molecular formula is C13H15BrN6O. The van der Waals surface area contributed by atoms with E-state index in [2.05, 4.69) is 48.4 Å². The largest absolute Gasteiger partial charge is 0.338 e. The third-order valence-electron chi connectivity index (χ3n) is 3.27. The van der Waals surface area contributed by atoms with Crippen LogP contribution in [0.3, 0.4) is 0 Å². The first-order valence-electron chi connectivity index (χ1n) is 6.61. The lowest BCUT2D eigenvalue weighted by atomic mass is 10.0. The first kappa shape index (κ1) is 14.2. The average molecular weight is 351 g/mol. The fourth-order valence-electron chi connectivity index (χ4n) is 2.31. The molecule has 2 unspecified atom stereocenters. The molecule has 110 valence electrons. The van der Waals surface area contributed by atoms with Crippen molar-refractivity contribution in [2.45, 2.75) is 25.2 Å². The number of carbonyl (C=O) groups excluding carboxylic acids is 1. The van der Waals surface area contributed by atoms with E-state index >= 15 is 0 Å². The summed E-state index contributed by atoms with van der Waals surface area (Å²) >= 11 is 3.54. The third-order valence-corrected chi connectivity index (χ3v) is 3.99. The number of halogens is 1. The molecule has 7 nitrogen and oxygen atoms in total. The van der Waals surface area contributed by atoms with Gasteiger partial charge in [-0.3, -0.25) is 4.79 Å². The molecule has 0 spiro atoms. The zero-order chi connectivity index (χ0) is 14.7. The first-order chi connectivity index (χ1) is 10.2. The highest BCUT2D eigenvalue weighted by atomic mass is 79.9. The number of hydrazine groups is 1. The molecule has 3 N–H and O–H groups in total. The molecule has 1 aromatic heterocycles. The Labute approximate surface area is 130 Å². The van der Waals surface area contributed by atoms with Crippen molar-refractivity contribution in [2.24, 2.45) is 0 Å². The van der Waals surface area contributed by atoms with Crippen LogP contribution in [-0.4, -0.2) is 27.1 Å². The van der Waals surface area contributed by atoms with Crippen LogP contribution in [0.5, 0.6) is 0 Å². The molecule has 1 aliphatic heterocycles. The Kier molecular flexibility index (Phi) is 4.28. The lowest BCUT2D eigenvalue weighted by Crippen LogP contribution is -2.45. The smallest absolute Gasteiger partial charge is 0.244 e. The van der Waals surface area contributed by atoms with Gasteiger partial charge in [0, 0.05) is 10.9 Å². The van der Waals surface area contributed by atoms with Crippen molar-refractivity contribution in [1.82, 2.24) is 31.2 Å². The number of rotatable bonds is 4. The van der Waals surface area contributed by atoms with Gasteiger partial charge in [0.05, 0.1) is 24.6 Å². The maximum absolute atomic E-state index is 11.9. The summed E-state index contributed by atoms with van der Waals surface area (Å²) in [5.41, 5.74) is 7.45. The van der Waals surface area contributed by atoms with E-state index in [1.165, 1.54) is 4.80 Å². The van der Waals surface area contributed by atoms with E-state index in [4.69, 9.17) is 0 Å². The standard InChI is InChI=1S/C13H15BrN6O/c14-10-4-2-1-3-9(10)11-7-12(19-18-11)17-13(21)8-20-15-5-6-16-20/h1-6,11-12,18-19H,7-8H2,(H,17,21). The van der Waals surface area contributed by atoms with E-state index in [-0.39, 0.29) is 24.7 Å². The van der Waals surface area contributed by atoms with E-state index in [0.29, 0.717) is 0 Å². The Morgan fingerprint density at radius 3 is 2.86 bits per heavy atom. The number of aromatic nitrogens is 3. The molecule has 2 heterocycles. The van der Waals surface area contributed by atoms with Crippen LogP contribution in [-0.2, 0) is 11.3 Å². The Hall–Kier alpha value is -1.77. The normalized spacial score (nSPS) is 21.4. The zero-order valence-electron chi connectivity index (χ0n) is 11.2. The quantitative estimate of drug-likeness (QED) is 0.756. The van der Waals surface area contributed by atoms with Gasteiger partial charge in [-0.2, -0.15) is 15.0 Å². The van der Waals surface area contributed by atoms with Crippen LogP contribution < -0.4 is 16.2 Å². The van der Waals surface area contributed by atoms with Crippen molar-refractivity contribution in [3.63, 3.8) is 0 Å². The molecule has 1 aromatic carbocycles. The summed E-state index contributed by atoms with van der Waals surface area (Å²) in [6.45, 7) is 0.116. The Balaban J connectivity index is 1.55. The molecule has 0 aliphatic carbocycles. The second-order valence-electron chi connectivity index (χ2n) is 4.78. The molecule has 3 rings (SSSR count). The monoisotopic (exact) mass is 350 g/mol. The lowest BCUT2D eigenvalue weighted by Gasteiger charge is -2.12. The average Bonchev–Trinajstić information content (AvgIpc) is 3.11. The number of nitrogens with one attached hydrogen (secondary N) is 3. The Morgan fingerprint density at radius 2 is 2.10 bits per heavy atom. The van der Waals surface area contributed by atoms with Crippen LogP contribution in [0, 0.1) is 0 Å². The van der Waals surface area contributed by atoms with Crippen LogP contribution in [0.25, 0.3) is 0 Å². The second kappa shape index (κ2) is 6.33. The van der Waals surface area contributed by atoms with Crippen molar-refractivity contribution in [1.29, 1.82) is 0 Å². The summed E-state index contributed by atoms with van der Waals surface area (Å²) in [7, 11) is 0. The Bertz CT molecular complexity index is 617. The fourth-order valence-corrected chi connectivity index (χ4v) is 2.87. The van der Waals surface area contributed by atoms with Crippen LogP contribution >= 0.6 is 15.9 Å². The number of hydrogen-bond donors (Lipinski definition) is 3. The van der Waals surface area contributed by atoms with E-state index in [9.17, 15) is 4.79 Å². The molecule has 21 heavy (non-hydrogen) atoms. The molecule has 1 fully saturated rings. The molecule has 2 atom stereocenters. The first-order valence-corrected chi connectivity index (χ1v) is 7.40. The zero-order valence-corrected chi connectivity index (χ0v) is 12.7. The molecule has 0 saturated carbocycles. The predicted molar refractivity (Wildman–Crippen MR) is 79.7 cm³/mol. The Morgan fingerprint density at radius 1 is 1.33 bits per heavy atom. The maximum atomic E-state index is 11.9. The second-order valence-corrected chi connectivity index (χ2v) is 5.63. The van der Waals surface area contributed by atoms with Gasteiger partial charge in [0.2, 0.25) is 5.91 Å². The highest BCUT2D eigenvalue weighted by Crippen LogP contribution is 2.27. The van der Waals surface area contributed by atoms with Crippen molar-refractivity contribution in [3.8, 4) is 0 Å². The predicted octanol–water partition coefficient (Wildman–Crippen LogP) is 0.722. The van der Waals surface area contributed by atoms with Gasteiger partial charge in [0.25, 0.3) is 0 Å². The third kappa shape index (κ3) is 3.46. The molecule has 8 heteroatoms. The summed E-state index contributed by atoms with van der Waals surface area (Å²) in [4.78, 5) is 13.2. The van der Waals surface area contributed by atoms with Gasteiger partial charge >= 0.3 is 0 Å². The van der Waals surface area contributed by atoms with Gasteiger partial charge < -0.3 is 5.32 Å². The van der Waals surface area contributed by atoms with Crippen molar-refractivity contribution in [3.05, 3.63) is 46.7 Å². The van der Waals surface area contributed by atoms with Gasteiger partial charge in [-0.15, -0.1) is 0 Å². The van der Waals surface area contributed by atoms with Crippen LogP contribution in [0.2, 0.25) is 0 Å². The van der Waals surface area contributed by atoms with Crippen molar-refractivity contribution < 1.29 is 4.79 Å². The minimum atomic E-state index is -0.127. The van der Waals surface area contributed by atoms with E-state index in [1.54, 1.807) is 12.4 Å². The maximum Gasteiger partial charge on any atom is 0.244 e. The molecular weight excluding hydrogens is 336 g/mol. The van der Waals surface area contributed by atoms with Gasteiger partial charge in [-0.25, -0.2) is 10.9 Å². The van der Waals surface area contributed by atoms with Gasteiger partial charge in [-0.05, 0) is 11.6 Å². The summed E-state index contributed by atoms with van der Waals surface area (Å²) in [5.74, 6) is -0.127. The van der Waals surface area contributed by atoms with Gasteiger partial charge in [0.15, 0.2) is 0 Å². The summed E-state index contributed by atoms with van der Waals surface area (Å²) in [5, 5.41) is 10.7. The van der Waals surface area contributed by atoms with E-state index in [0.717, 1.165) is 16.5 Å². The SMILES string of the molecule is O=C(Cn1nccn1)NC1CC(c2ccccc2Br)NN1. The fraction of sp³-hybridized carbons (Fsp3) is 0.308. The minimum Gasteiger partial charge on any atom is -0.338 e. The van der Waals surface area contributed by atoms with Crippen LogP contribution in [0.4, 0.5) is 0 Å². The van der Waals surface area contributed by atoms with Crippen molar-refractivity contribution in [2.75, 3.05) is 0 Å². The van der Waals surface area contributed by atoms with Crippen LogP contribution in [0.15, 0.2) is 41.1 Å². The summed E-state index contributed by atoms with van der Waals surface area (Å²) < 4.78 is 1.05. The highest BCUT2D eigenvalue weighted by Gasteiger charge is 2.27. The van der Waals surface area contributed by atoms with E-state index < -0.39 is 0 Å². The summed E-state index contributed by atoms with van der Waals surface area (Å²) in [6, 6.07) is 8.19. The molecule has 0 bridgehead atoms. The number of carbonyl (C=O) groups is 1. The molecule has 0 radical (unpaired) electrons. The number of nitrogens with zero attached hydrogens (tertiary/aromatic N) is 3. The lowest BCUT2D eigenvalue weighted by molar-refractivity contribution is -0.122. The molecule has 1 aliphatic rings. The number of amides is 1. The van der Waals surface area contributed by atoms with Crippen LogP contribution in [0.1, 0.15) is 18.0 Å². The topological polar surface area (TPSA) is 83.9 Å². The molecule has 1 saturated heterocycles. The van der Waals surface area contributed by atoms with Gasteiger partial charge in [-0.1, -0.05) is 34.1 Å². The molecule has 2 aromatic rings. The molecule has 1 amide bonds. The minimum absolute atomic E-state index is 0.116. The highest BCUT2D eigenvalue weighted by molar-refractivity contribution is 9.10. The number of hydrogen-bond acceptors (Lipinski definition) is 5. The van der Waals surface area contributed by atoms with E-state index in [1.807, 2.05) is 18.2 Å².